The second-order valence-electron chi connectivity index (χ2n) is 6.33. The molecule has 2 saturated carbocycles. The van der Waals surface area contributed by atoms with E-state index in [2.05, 4.69) is 12.2 Å². The molecule has 2 aliphatic rings. The number of carbonyl (C=O) groups is 1. The number of fused-ring (bicyclic) bond motifs is 2. The zero-order chi connectivity index (χ0) is 14.1. The molecule has 108 valence electrons. The summed E-state index contributed by atoms with van der Waals surface area (Å²) in [5, 5.41) is 3.18. The third kappa shape index (κ3) is 2.54. The van der Waals surface area contributed by atoms with Crippen LogP contribution in [0.5, 0.6) is 5.75 Å². The number of benzene rings is 1. The molecule has 0 heterocycles. The van der Waals surface area contributed by atoms with Gasteiger partial charge in [0.25, 0.3) is 5.91 Å². The van der Waals surface area contributed by atoms with E-state index in [1.54, 1.807) is 7.11 Å². The molecular weight excluding hydrogens is 250 g/mol. The second-order valence-corrected chi connectivity index (χ2v) is 6.33. The van der Waals surface area contributed by atoms with Crippen molar-refractivity contribution in [3.63, 3.8) is 0 Å². The van der Waals surface area contributed by atoms with Gasteiger partial charge in [-0.05, 0) is 68.2 Å². The molecule has 0 aromatic heterocycles. The highest BCUT2D eigenvalue weighted by Crippen LogP contribution is 2.49. The zero-order valence-corrected chi connectivity index (χ0v) is 12.3. The van der Waals surface area contributed by atoms with Gasteiger partial charge in [-0.1, -0.05) is 6.42 Å². The van der Waals surface area contributed by atoms with Crippen molar-refractivity contribution in [1.29, 1.82) is 0 Å². The molecule has 1 aromatic carbocycles. The summed E-state index contributed by atoms with van der Waals surface area (Å²) in [4.78, 5) is 12.3. The van der Waals surface area contributed by atoms with Gasteiger partial charge in [-0.2, -0.15) is 0 Å². The van der Waals surface area contributed by atoms with Crippen molar-refractivity contribution in [2.45, 2.75) is 38.6 Å². The van der Waals surface area contributed by atoms with Gasteiger partial charge in [-0.15, -0.1) is 0 Å². The molecule has 1 amide bonds. The van der Waals surface area contributed by atoms with Gasteiger partial charge >= 0.3 is 0 Å². The lowest BCUT2D eigenvalue weighted by atomic mass is 9.84. The number of ether oxygens (including phenoxy) is 1. The van der Waals surface area contributed by atoms with Crippen LogP contribution in [0.15, 0.2) is 24.3 Å². The molecule has 1 aromatic rings. The van der Waals surface area contributed by atoms with E-state index < -0.39 is 0 Å². The van der Waals surface area contributed by atoms with Gasteiger partial charge in [0.1, 0.15) is 5.75 Å². The van der Waals surface area contributed by atoms with E-state index in [9.17, 15) is 4.79 Å². The predicted octanol–water partition coefficient (Wildman–Crippen LogP) is 3.25. The van der Waals surface area contributed by atoms with Crippen LogP contribution in [-0.4, -0.2) is 19.1 Å². The van der Waals surface area contributed by atoms with E-state index in [1.165, 1.54) is 25.7 Å². The van der Waals surface area contributed by atoms with Crippen molar-refractivity contribution in [2.24, 2.45) is 17.8 Å². The van der Waals surface area contributed by atoms with Gasteiger partial charge in [0.15, 0.2) is 0 Å². The monoisotopic (exact) mass is 273 g/mol. The van der Waals surface area contributed by atoms with Gasteiger partial charge in [0.05, 0.1) is 7.11 Å². The maximum Gasteiger partial charge on any atom is 0.251 e. The molecule has 20 heavy (non-hydrogen) atoms. The van der Waals surface area contributed by atoms with Crippen LogP contribution in [0, 0.1) is 17.8 Å². The normalized spacial score (nSPS) is 29.2. The van der Waals surface area contributed by atoms with Crippen LogP contribution in [0.25, 0.3) is 0 Å². The van der Waals surface area contributed by atoms with E-state index in [0.717, 1.165) is 17.6 Å². The number of carbonyl (C=O) groups excluding carboxylic acids is 1. The lowest BCUT2D eigenvalue weighted by Gasteiger charge is -2.28. The summed E-state index contributed by atoms with van der Waals surface area (Å²) in [6, 6.07) is 7.58. The molecule has 0 saturated heterocycles. The molecule has 0 aliphatic heterocycles. The van der Waals surface area contributed by atoms with Crippen LogP contribution < -0.4 is 10.1 Å². The van der Waals surface area contributed by atoms with E-state index in [-0.39, 0.29) is 11.9 Å². The molecule has 0 radical (unpaired) electrons. The summed E-state index contributed by atoms with van der Waals surface area (Å²) in [6.07, 6.45) is 5.44. The highest BCUT2D eigenvalue weighted by Gasteiger charge is 2.42. The van der Waals surface area contributed by atoms with Crippen LogP contribution in [0.4, 0.5) is 0 Å². The Labute approximate surface area is 120 Å². The highest BCUT2D eigenvalue weighted by molar-refractivity contribution is 5.94. The smallest absolute Gasteiger partial charge is 0.251 e. The van der Waals surface area contributed by atoms with E-state index in [4.69, 9.17) is 4.74 Å². The summed E-state index contributed by atoms with van der Waals surface area (Å²) in [6.45, 7) is 2.16. The minimum atomic E-state index is 0.0305. The average Bonchev–Trinajstić information content (AvgIpc) is 3.10. The first-order chi connectivity index (χ1) is 9.67. The van der Waals surface area contributed by atoms with Crippen LogP contribution in [0.3, 0.4) is 0 Å². The number of amides is 1. The van der Waals surface area contributed by atoms with Crippen molar-refractivity contribution >= 4 is 5.91 Å². The Morgan fingerprint density at radius 3 is 2.55 bits per heavy atom. The van der Waals surface area contributed by atoms with Crippen LogP contribution in [0.1, 0.15) is 43.0 Å². The third-order valence-corrected chi connectivity index (χ3v) is 5.15. The average molecular weight is 273 g/mol. The molecule has 1 N–H and O–H groups in total. The van der Waals surface area contributed by atoms with Crippen molar-refractivity contribution in [2.75, 3.05) is 7.11 Å². The molecule has 2 fully saturated rings. The fourth-order valence-electron chi connectivity index (χ4n) is 4.05. The van der Waals surface area contributed by atoms with E-state index in [1.807, 2.05) is 24.3 Å². The lowest BCUT2D eigenvalue weighted by Crippen LogP contribution is -2.40. The molecule has 3 rings (SSSR count). The van der Waals surface area contributed by atoms with Gasteiger partial charge in [0, 0.05) is 11.6 Å². The molecule has 2 bridgehead atoms. The quantitative estimate of drug-likeness (QED) is 0.914. The Morgan fingerprint density at radius 1 is 1.25 bits per heavy atom. The van der Waals surface area contributed by atoms with Gasteiger partial charge < -0.3 is 10.1 Å². The van der Waals surface area contributed by atoms with Gasteiger partial charge in [0.2, 0.25) is 0 Å². The summed E-state index contributed by atoms with van der Waals surface area (Å²) in [5.41, 5.74) is 0.709. The zero-order valence-electron chi connectivity index (χ0n) is 12.3. The largest absolute Gasteiger partial charge is 0.497 e. The molecule has 4 atom stereocenters. The first-order valence-corrected chi connectivity index (χ1v) is 7.62. The minimum Gasteiger partial charge on any atom is -0.497 e. The SMILES string of the molecule is COc1ccc(C(=O)N[C@H](C)[C@H]2C[C@H]3CC[C@H]2C3)cc1. The third-order valence-electron chi connectivity index (χ3n) is 5.15. The summed E-state index contributed by atoms with van der Waals surface area (Å²) >= 11 is 0. The molecule has 3 nitrogen and oxygen atoms in total. The van der Waals surface area contributed by atoms with Crippen molar-refractivity contribution < 1.29 is 9.53 Å². The fourth-order valence-corrected chi connectivity index (χ4v) is 4.05. The second kappa shape index (κ2) is 5.47. The lowest BCUT2D eigenvalue weighted by molar-refractivity contribution is 0.0915. The fraction of sp³-hybridized carbons (Fsp3) is 0.588. The summed E-state index contributed by atoms with van der Waals surface area (Å²) in [5.74, 6) is 3.25. The van der Waals surface area contributed by atoms with Crippen molar-refractivity contribution in [3.05, 3.63) is 29.8 Å². The Kier molecular flexibility index (Phi) is 3.68. The first kappa shape index (κ1) is 13.5. The van der Waals surface area contributed by atoms with Crippen LogP contribution in [-0.2, 0) is 0 Å². The Hall–Kier alpha value is -1.51. The predicted molar refractivity (Wildman–Crippen MR) is 78.9 cm³/mol. The molecule has 0 spiro atoms. The first-order valence-electron chi connectivity index (χ1n) is 7.62. The Bertz CT molecular complexity index is 482. The van der Waals surface area contributed by atoms with Gasteiger partial charge in [-0.25, -0.2) is 0 Å². The minimum absolute atomic E-state index is 0.0305. The Balaban J connectivity index is 1.60. The maximum absolute atomic E-state index is 12.3. The number of nitrogens with one attached hydrogen (secondary N) is 1. The summed E-state index contributed by atoms with van der Waals surface area (Å²) in [7, 11) is 1.63. The molecule has 2 aliphatic carbocycles. The summed E-state index contributed by atoms with van der Waals surface area (Å²) < 4.78 is 5.11. The van der Waals surface area contributed by atoms with Crippen molar-refractivity contribution in [3.8, 4) is 5.75 Å². The molecule has 3 heteroatoms. The van der Waals surface area contributed by atoms with Crippen molar-refractivity contribution in [1.82, 2.24) is 5.32 Å². The topological polar surface area (TPSA) is 38.3 Å². The van der Waals surface area contributed by atoms with E-state index >= 15 is 0 Å². The Morgan fingerprint density at radius 2 is 2.00 bits per heavy atom. The number of methoxy groups -OCH3 is 1. The number of hydrogen-bond acceptors (Lipinski definition) is 2. The standard InChI is InChI=1S/C17H23NO2/c1-11(16-10-12-3-4-14(16)9-12)18-17(19)13-5-7-15(20-2)8-6-13/h5-8,11-12,14,16H,3-4,9-10H2,1-2H3,(H,18,19)/t11-,12+,14+,16-/m1/s1. The van der Waals surface area contributed by atoms with Gasteiger partial charge in [-0.3, -0.25) is 4.79 Å². The maximum atomic E-state index is 12.3. The van der Waals surface area contributed by atoms with Crippen LogP contribution in [0.2, 0.25) is 0 Å². The molecule has 0 unspecified atom stereocenters. The molecular formula is C17H23NO2. The highest BCUT2D eigenvalue weighted by atomic mass is 16.5. The van der Waals surface area contributed by atoms with Crippen LogP contribution >= 0.6 is 0 Å². The van der Waals surface area contributed by atoms with E-state index in [0.29, 0.717) is 11.5 Å². The number of hydrogen-bond donors (Lipinski definition) is 1. The number of rotatable bonds is 4.